The van der Waals surface area contributed by atoms with Gasteiger partial charge < -0.3 is 5.32 Å². The highest BCUT2D eigenvalue weighted by atomic mass is 19.1. The molecule has 10 heteroatoms. The van der Waals surface area contributed by atoms with Crippen LogP contribution in [0.15, 0.2) is 36.7 Å². The van der Waals surface area contributed by atoms with Crippen molar-refractivity contribution in [3.8, 4) is 11.3 Å². The van der Waals surface area contributed by atoms with Crippen molar-refractivity contribution in [2.24, 2.45) is 0 Å². The lowest BCUT2D eigenvalue weighted by molar-refractivity contribution is -0.122. The molecule has 0 radical (unpaired) electrons. The second-order valence-corrected chi connectivity index (χ2v) is 7.01. The smallest absolute Gasteiger partial charge is 0.228 e. The highest BCUT2D eigenvalue weighted by Gasteiger charge is 2.24. The largest absolute Gasteiger partial charge is 0.309 e. The number of fused-ring (bicyclic) bond motifs is 1. The van der Waals surface area contributed by atoms with Gasteiger partial charge in [-0.25, -0.2) is 9.07 Å². The number of amides is 2. The molecule has 30 heavy (non-hydrogen) atoms. The van der Waals surface area contributed by atoms with E-state index in [1.54, 1.807) is 17.0 Å². The number of carbonyl (C=O) groups is 2. The lowest BCUT2D eigenvalue weighted by Gasteiger charge is -2.27. The fraction of sp³-hybridized carbons (Fsp3) is 0.300. The lowest BCUT2D eigenvalue weighted by atomic mass is 10.2. The Bertz CT molecular complexity index is 1080. The monoisotopic (exact) mass is 409 g/mol. The minimum absolute atomic E-state index is 0.0275. The van der Waals surface area contributed by atoms with Crippen molar-refractivity contribution in [1.29, 1.82) is 0 Å². The van der Waals surface area contributed by atoms with Crippen molar-refractivity contribution in [2.45, 2.75) is 32.7 Å². The standard InChI is InChI=1S/C20H20FN7O2/c1-13-9-19-27(7-2-8-28(19)26-13)20(30)6-5-18(29)23-17-4-3-16(24-25-17)14-10-15(21)12-22-11-14/h3-4,9-12H,2,5-8H2,1H3,(H,23,25,29). The first kappa shape index (κ1) is 19.6. The van der Waals surface area contributed by atoms with Crippen molar-refractivity contribution < 1.29 is 14.0 Å². The Balaban J connectivity index is 1.32. The Morgan fingerprint density at radius 1 is 1.13 bits per heavy atom. The van der Waals surface area contributed by atoms with Gasteiger partial charge in [0.1, 0.15) is 11.6 Å². The summed E-state index contributed by atoms with van der Waals surface area (Å²) in [5, 5.41) is 14.9. The maximum Gasteiger partial charge on any atom is 0.228 e. The molecule has 0 fully saturated rings. The van der Waals surface area contributed by atoms with Gasteiger partial charge in [-0.3, -0.25) is 19.5 Å². The number of halogens is 1. The van der Waals surface area contributed by atoms with Gasteiger partial charge in [-0.2, -0.15) is 5.10 Å². The number of anilines is 2. The third kappa shape index (κ3) is 4.32. The summed E-state index contributed by atoms with van der Waals surface area (Å²) in [5.74, 6) is 0.110. The molecule has 1 N–H and O–H groups in total. The van der Waals surface area contributed by atoms with Gasteiger partial charge in [0.25, 0.3) is 0 Å². The number of rotatable bonds is 5. The van der Waals surface area contributed by atoms with Gasteiger partial charge in [-0.05, 0) is 31.5 Å². The molecule has 4 heterocycles. The Labute approximate surface area is 171 Å². The number of hydrogen-bond acceptors (Lipinski definition) is 6. The number of aryl methyl sites for hydroxylation is 2. The van der Waals surface area contributed by atoms with Crippen molar-refractivity contribution in [3.63, 3.8) is 0 Å². The van der Waals surface area contributed by atoms with Gasteiger partial charge in [0, 0.05) is 43.8 Å². The molecule has 0 aromatic carbocycles. The number of aromatic nitrogens is 5. The van der Waals surface area contributed by atoms with Crippen LogP contribution in [0.4, 0.5) is 16.0 Å². The first-order valence-corrected chi connectivity index (χ1v) is 9.59. The van der Waals surface area contributed by atoms with Crippen LogP contribution in [0.25, 0.3) is 11.3 Å². The molecule has 0 atom stereocenters. The van der Waals surface area contributed by atoms with E-state index >= 15 is 0 Å². The third-order valence-electron chi connectivity index (χ3n) is 4.71. The number of hydrogen-bond donors (Lipinski definition) is 1. The fourth-order valence-corrected chi connectivity index (χ4v) is 3.32. The molecule has 0 aliphatic carbocycles. The Morgan fingerprint density at radius 2 is 2.00 bits per heavy atom. The average molecular weight is 409 g/mol. The predicted octanol–water partition coefficient (Wildman–Crippen LogP) is 2.34. The quantitative estimate of drug-likeness (QED) is 0.693. The summed E-state index contributed by atoms with van der Waals surface area (Å²) in [5.41, 5.74) is 1.78. The van der Waals surface area contributed by atoms with Gasteiger partial charge >= 0.3 is 0 Å². The summed E-state index contributed by atoms with van der Waals surface area (Å²) in [6, 6.07) is 6.36. The van der Waals surface area contributed by atoms with Crippen molar-refractivity contribution >= 4 is 23.5 Å². The average Bonchev–Trinajstić information content (AvgIpc) is 3.12. The summed E-state index contributed by atoms with van der Waals surface area (Å²) < 4.78 is 15.1. The summed E-state index contributed by atoms with van der Waals surface area (Å²) in [4.78, 5) is 30.3. The Morgan fingerprint density at radius 3 is 2.77 bits per heavy atom. The number of carbonyl (C=O) groups excluding carboxylic acids is 2. The van der Waals surface area contributed by atoms with Gasteiger partial charge in [-0.1, -0.05) is 0 Å². The maximum absolute atomic E-state index is 13.3. The zero-order chi connectivity index (χ0) is 21.1. The summed E-state index contributed by atoms with van der Waals surface area (Å²) in [7, 11) is 0. The van der Waals surface area contributed by atoms with Crippen LogP contribution < -0.4 is 10.2 Å². The molecule has 0 bridgehead atoms. The molecular formula is C20H20FN7O2. The van der Waals surface area contributed by atoms with Gasteiger partial charge in [0.2, 0.25) is 11.8 Å². The second-order valence-electron chi connectivity index (χ2n) is 7.01. The highest BCUT2D eigenvalue weighted by molar-refractivity contribution is 5.97. The summed E-state index contributed by atoms with van der Waals surface area (Å²) in [6.45, 7) is 3.29. The van der Waals surface area contributed by atoms with Crippen molar-refractivity contribution in [3.05, 3.63) is 48.2 Å². The first-order valence-electron chi connectivity index (χ1n) is 9.59. The molecule has 4 rings (SSSR count). The molecular weight excluding hydrogens is 389 g/mol. The van der Waals surface area contributed by atoms with E-state index in [1.807, 2.05) is 17.7 Å². The number of nitrogens with zero attached hydrogens (tertiary/aromatic N) is 6. The zero-order valence-electron chi connectivity index (χ0n) is 16.4. The minimum Gasteiger partial charge on any atom is -0.309 e. The van der Waals surface area contributed by atoms with Crippen LogP contribution in [0.3, 0.4) is 0 Å². The lowest BCUT2D eigenvalue weighted by Crippen LogP contribution is -2.37. The first-order chi connectivity index (χ1) is 14.5. The van der Waals surface area contributed by atoms with E-state index in [0.717, 1.165) is 30.7 Å². The molecule has 1 aliphatic rings. The summed E-state index contributed by atoms with van der Waals surface area (Å²) in [6.07, 6.45) is 3.52. The topological polar surface area (TPSA) is 106 Å². The third-order valence-corrected chi connectivity index (χ3v) is 4.71. The van der Waals surface area contributed by atoms with Crippen LogP contribution in [0.1, 0.15) is 25.0 Å². The van der Waals surface area contributed by atoms with Gasteiger partial charge in [-0.15, -0.1) is 10.2 Å². The normalized spacial score (nSPS) is 13.1. The van der Waals surface area contributed by atoms with Crippen LogP contribution in [0.5, 0.6) is 0 Å². The molecule has 9 nitrogen and oxygen atoms in total. The molecule has 3 aromatic rings. The van der Waals surface area contributed by atoms with Crippen LogP contribution >= 0.6 is 0 Å². The van der Waals surface area contributed by atoms with E-state index in [2.05, 4.69) is 25.6 Å². The molecule has 0 saturated heterocycles. The van der Waals surface area contributed by atoms with Gasteiger partial charge in [0.05, 0.1) is 17.6 Å². The minimum atomic E-state index is -0.469. The molecule has 0 saturated carbocycles. The molecule has 1 aliphatic heterocycles. The van der Waals surface area contributed by atoms with E-state index in [4.69, 9.17) is 0 Å². The van der Waals surface area contributed by atoms with Crippen LogP contribution in [-0.2, 0) is 16.1 Å². The Kier molecular flexibility index (Phi) is 5.46. The maximum atomic E-state index is 13.3. The second kappa shape index (κ2) is 8.36. The van der Waals surface area contributed by atoms with Crippen molar-refractivity contribution in [2.75, 3.05) is 16.8 Å². The van der Waals surface area contributed by atoms with Crippen LogP contribution in [0.2, 0.25) is 0 Å². The molecule has 154 valence electrons. The van der Waals surface area contributed by atoms with Crippen LogP contribution in [0, 0.1) is 12.7 Å². The molecule has 3 aromatic heterocycles. The van der Waals surface area contributed by atoms with E-state index in [1.165, 1.54) is 12.3 Å². The zero-order valence-corrected chi connectivity index (χ0v) is 16.4. The van der Waals surface area contributed by atoms with Gasteiger partial charge in [0.15, 0.2) is 5.82 Å². The van der Waals surface area contributed by atoms with Crippen molar-refractivity contribution in [1.82, 2.24) is 25.0 Å². The highest BCUT2D eigenvalue weighted by Crippen LogP contribution is 2.23. The van der Waals surface area contributed by atoms with E-state index in [-0.39, 0.29) is 30.5 Å². The molecule has 2 amide bonds. The summed E-state index contributed by atoms with van der Waals surface area (Å²) >= 11 is 0. The van der Waals surface area contributed by atoms with Crippen LogP contribution in [-0.4, -0.2) is 43.3 Å². The van der Waals surface area contributed by atoms with E-state index in [0.29, 0.717) is 17.8 Å². The van der Waals surface area contributed by atoms with E-state index in [9.17, 15) is 14.0 Å². The number of pyridine rings is 1. The predicted molar refractivity (Wildman–Crippen MR) is 107 cm³/mol. The number of nitrogens with one attached hydrogen (secondary N) is 1. The molecule has 0 spiro atoms. The fourth-order valence-electron chi connectivity index (χ4n) is 3.32. The Hall–Kier alpha value is -3.69. The SMILES string of the molecule is Cc1cc2n(n1)CCCN2C(=O)CCC(=O)Nc1ccc(-c2cncc(F)c2)nn1. The molecule has 0 unspecified atom stereocenters. The van der Waals surface area contributed by atoms with E-state index < -0.39 is 5.82 Å².